The lowest BCUT2D eigenvalue weighted by molar-refractivity contribution is -0.135. The van der Waals surface area contributed by atoms with Gasteiger partial charge < -0.3 is 14.8 Å². The maximum absolute atomic E-state index is 13.4. The zero-order valence-corrected chi connectivity index (χ0v) is 26.2. The molecule has 1 aromatic rings. The van der Waals surface area contributed by atoms with Crippen molar-refractivity contribution in [3.05, 3.63) is 32.1 Å². The highest BCUT2D eigenvalue weighted by Gasteiger charge is 2.51. The molecule has 40 heavy (non-hydrogen) atoms. The molecule has 0 bridgehead atoms. The molecule has 2 aliphatic rings. The van der Waals surface area contributed by atoms with Crippen molar-refractivity contribution in [3.63, 3.8) is 0 Å². The van der Waals surface area contributed by atoms with Gasteiger partial charge in [-0.05, 0) is 64.8 Å². The van der Waals surface area contributed by atoms with Crippen LogP contribution in [0.5, 0.6) is 0 Å². The van der Waals surface area contributed by atoms with Crippen molar-refractivity contribution < 1.29 is 19.5 Å². The van der Waals surface area contributed by atoms with Gasteiger partial charge in [-0.15, -0.1) is 0 Å². The molecular weight excluding hydrogens is 530 g/mol. The third kappa shape index (κ3) is 6.76. The van der Waals surface area contributed by atoms with Crippen LogP contribution < -0.4 is 11.2 Å². The Bertz CT molecular complexity index is 1220. The molecule has 2 heterocycles. The van der Waals surface area contributed by atoms with Gasteiger partial charge >= 0.3 is 11.7 Å². The number of carbonyl (C=O) groups is 2. The average molecular weight is 578 g/mol. The second-order valence-corrected chi connectivity index (χ2v) is 18.5. The van der Waals surface area contributed by atoms with E-state index in [1.165, 1.54) is 9.47 Å². The Hall–Kier alpha value is -2.73. The summed E-state index contributed by atoms with van der Waals surface area (Å²) in [6.45, 7) is 15.5. The number of rotatable bonds is 12. The molecule has 11 nitrogen and oxygen atoms in total. The van der Waals surface area contributed by atoms with Crippen molar-refractivity contribution in [2.75, 3.05) is 19.9 Å². The first-order chi connectivity index (χ1) is 18.7. The lowest BCUT2D eigenvalue weighted by Gasteiger charge is -2.35. The van der Waals surface area contributed by atoms with E-state index in [1.54, 1.807) is 30.2 Å². The number of hydrogen-bond acceptors (Lipinski definition) is 7. The number of amides is 3. The van der Waals surface area contributed by atoms with Crippen LogP contribution in [0, 0.1) is 12.8 Å². The first-order valence-electron chi connectivity index (χ1n) is 14.5. The fraction of sp³-hybridized carbons (Fsp3) is 0.750. The average Bonchev–Trinajstić information content (AvgIpc) is 3.04. The molecule has 1 aliphatic heterocycles. The molecule has 2 fully saturated rings. The zero-order valence-electron chi connectivity index (χ0n) is 25.2. The normalized spacial score (nSPS) is 21.7. The number of carbonyl (C=O) groups excluding carboxylic acids is 2. The minimum Gasteiger partial charge on any atom is -0.411 e. The van der Waals surface area contributed by atoms with Crippen LogP contribution in [0.1, 0.15) is 76.6 Å². The Morgan fingerprint density at radius 3 is 2.33 bits per heavy atom. The van der Waals surface area contributed by atoms with Gasteiger partial charge in [0.25, 0.3) is 11.5 Å². The Kier molecular flexibility index (Phi) is 10.2. The SMILES string of the molecule is CCCCn1c(C)c(/C=N/O)c(=O)n(C2CCC(CN3C(=O)N(COCC[Si](C)(C)C)C(=O)C3(C)C)CC2)c1=O. The highest BCUT2D eigenvalue weighted by Crippen LogP contribution is 2.35. The van der Waals surface area contributed by atoms with E-state index in [0.29, 0.717) is 51.1 Å². The maximum Gasteiger partial charge on any atom is 0.331 e. The topological polar surface area (TPSA) is 126 Å². The fourth-order valence-corrected chi connectivity index (χ4v) is 6.37. The number of ether oxygens (including phenoxy) is 1. The number of aromatic nitrogens is 2. The van der Waals surface area contributed by atoms with Crippen molar-refractivity contribution in [2.24, 2.45) is 11.1 Å². The van der Waals surface area contributed by atoms with Gasteiger partial charge in [-0.25, -0.2) is 14.5 Å². The number of unbranched alkanes of at least 4 members (excludes halogenated alkanes) is 1. The largest absolute Gasteiger partial charge is 0.411 e. The van der Waals surface area contributed by atoms with Crippen LogP contribution in [-0.4, -0.2) is 75.8 Å². The summed E-state index contributed by atoms with van der Waals surface area (Å²) >= 11 is 0. The van der Waals surface area contributed by atoms with Crippen molar-refractivity contribution in [3.8, 4) is 0 Å². The Labute approximate surface area is 237 Å². The van der Waals surface area contributed by atoms with Crippen molar-refractivity contribution in [2.45, 2.75) is 110 Å². The highest BCUT2D eigenvalue weighted by atomic mass is 28.3. The van der Waals surface area contributed by atoms with Crippen LogP contribution in [0.3, 0.4) is 0 Å². The van der Waals surface area contributed by atoms with Crippen molar-refractivity contribution >= 4 is 26.2 Å². The Morgan fingerprint density at radius 2 is 1.75 bits per heavy atom. The molecular formula is C28H47N5O6Si. The van der Waals surface area contributed by atoms with E-state index in [4.69, 9.17) is 9.94 Å². The molecule has 0 aromatic carbocycles. The summed E-state index contributed by atoms with van der Waals surface area (Å²) < 4.78 is 8.65. The van der Waals surface area contributed by atoms with Crippen LogP contribution in [0.25, 0.3) is 0 Å². The summed E-state index contributed by atoms with van der Waals surface area (Å²) in [5.74, 6) is -0.113. The van der Waals surface area contributed by atoms with Gasteiger partial charge in [-0.1, -0.05) is 38.1 Å². The molecule has 0 spiro atoms. The van der Waals surface area contributed by atoms with Gasteiger partial charge in [0.05, 0.1) is 11.8 Å². The van der Waals surface area contributed by atoms with Crippen molar-refractivity contribution in [1.29, 1.82) is 0 Å². The molecule has 0 radical (unpaired) electrons. The second-order valence-electron chi connectivity index (χ2n) is 12.9. The molecule has 1 aromatic heterocycles. The maximum atomic E-state index is 13.4. The van der Waals surface area contributed by atoms with E-state index >= 15 is 0 Å². The lowest BCUT2D eigenvalue weighted by Crippen LogP contribution is -2.48. The molecule has 0 atom stereocenters. The summed E-state index contributed by atoms with van der Waals surface area (Å²) in [6.07, 6.45) is 5.43. The number of urea groups is 1. The van der Waals surface area contributed by atoms with Gasteiger partial charge in [0, 0.05) is 39.5 Å². The molecule has 3 amide bonds. The summed E-state index contributed by atoms with van der Waals surface area (Å²) in [4.78, 5) is 55.9. The second kappa shape index (κ2) is 12.8. The van der Waals surface area contributed by atoms with E-state index in [1.807, 2.05) is 6.92 Å². The molecule has 0 unspecified atom stereocenters. The van der Waals surface area contributed by atoms with Gasteiger partial charge in [-0.3, -0.25) is 18.7 Å². The minimum absolute atomic E-state index is 0.0328. The van der Waals surface area contributed by atoms with E-state index < -0.39 is 19.2 Å². The fourth-order valence-electron chi connectivity index (χ4n) is 5.61. The van der Waals surface area contributed by atoms with Crippen LogP contribution in [0.4, 0.5) is 4.79 Å². The smallest absolute Gasteiger partial charge is 0.331 e. The van der Waals surface area contributed by atoms with Crippen LogP contribution in [-0.2, 0) is 16.1 Å². The number of imide groups is 1. The van der Waals surface area contributed by atoms with Crippen LogP contribution in [0.15, 0.2) is 14.7 Å². The van der Waals surface area contributed by atoms with E-state index in [9.17, 15) is 19.2 Å². The van der Waals surface area contributed by atoms with Crippen molar-refractivity contribution in [1.82, 2.24) is 18.9 Å². The molecule has 1 saturated carbocycles. The number of hydrogen-bond donors (Lipinski definition) is 1. The summed E-state index contributed by atoms with van der Waals surface area (Å²) in [5, 5.41) is 12.2. The minimum atomic E-state index is -1.28. The third-order valence-corrected chi connectivity index (χ3v) is 10.1. The Morgan fingerprint density at radius 1 is 1.10 bits per heavy atom. The van der Waals surface area contributed by atoms with E-state index in [2.05, 4.69) is 24.8 Å². The quantitative estimate of drug-likeness (QED) is 0.0999. The predicted molar refractivity (Wildman–Crippen MR) is 157 cm³/mol. The zero-order chi connectivity index (χ0) is 29.8. The van der Waals surface area contributed by atoms with Crippen LogP contribution in [0.2, 0.25) is 25.7 Å². The molecule has 12 heteroatoms. The molecule has 1 N–H and O–H groups in total. The molecule has 224 valence electrons. The monoisotopic (exact) mass is 577 g/mol. The first-order valence-corrected chi connectivity index (χ1v) is 18.2. The van der Waals surface area contributed by atoms with Gasteiger partial charge in [0.15, 0.2) is 0 Å². The summed E-state index contributed by atoms with van der Waals surface area (Å²) in [7, 11) is -1.28. The molecule has 1 saturated heterocycles. The van der Waals surface area contributed by atoms with E-state index in [0.717, 1.165) is 25.1 Å². The Balaban J connectivity index is 1.71. The number of nitrogens with zero attached hydrogens (tertiary/aromatic N) is 5. The molecule has 3 rings (SSSR count). The number of oxime groups is 1. The van der Waals surface area contributed by atoms with E-state index in [-0.39, 0.29) is 41.9 Å². The first kappa shape index (κ1) is 31.8. The standard InChI is InChI=1S/C28H47N5O6Si/c1-8-9-14-30-20(2)23(17-29-38)24(34)33(27(30)37)22-12-10-21(11-13-22)18-32-26(36)31(25(35)28(32,3)4)19-39-15-16-40(5,6)7/h17,21-22,38H,8-16,18-19H2,1-7H3/b29-17+. The van der Waals surface area contributed by atoms with Crippen LogP contribution >= 0.6 is 0 Å². The highest BCUT2D eigenvalue weighted by molar-refractivity contribution is 6.76. The molecule has 1 aliphatic carbocycles. The van der Waals surface area contributed by atoms with Gasteiger partial charge in [0.2, 0.25) is 0 Å². The third-order valence-electron chi connectivity index (χ3n) is 8.35. The van der Waals surface area contributed by atoms with Gasteiger partial charge in [-0.2, -0.15) is 0 Å². The predicted octanol–water partition coefficient (Wildman–Crippen LogP) is 4.01. The summed E-state index contributed by atoms with van der Waals surface area (Å²) in [6, 6.07) is 0.351. The summed E-state index contributed by atoms with van der Waals surface area (Å²) in [5.41, 5.74) is -1.02. The lowest BCUT2D eigenvalue weighted by atomic mass is 9.85. The van der Waals surface area contributed by atoms with Gasteiger partial charge in [0.1, 0.15) is 12.3 Å².